The molecular weight excluding hydrogens is 249 g/mol. The summed E-state index contributed by atoms with van der Waals surface area (Å²) in [6.07, 6.45) is 0.0848. The van der Waals surface area contributed by atoms with Gasteiger partial charge in [-0.15, -0.1) is 0 Å². The molecular formula is C14H10FNO3. The predicted octanol–water partition coefficient (Wildman–Crippen LogP) is 3.16. The zero-order chi connectivity index (χ0) is 13.8. The van der Waals surface area contributed by atoms with E-state index in [2.05, 4.69) is 0 Å². The largest absolute Gasteiger partial charge is 0.294 e. The maximum atomic E-state index is 13.2. The maximum Gasteiger partial charge on any atom is 0.273 e. The number of benzene rings is 2. The Morgan fingerprint density at radius 3 is 2.47 bits per heavy atom. The Hall–Kier alpha value is -2.56. The number of nitrogens with zero attached hydrogens (tertiary/aromatic N) is 1. The highest BCUT2D eigenvalue weighted by Gasteiger charge is 2.14. The normalized spacial score (nSPS) is 10.2. The molecule has 0 saturated heterocycles. The summed E-state index contributed by atoms with van der Waals surface area (Å²) in [6, 6.07) is 11.8. The van der Waals surface area contributed by atoms with Crippen molar-refractivity contribution in [1.82, 2.24) is 0 Å². The summed E-state index contributed by atoms with van der Waals surface area (Å²) in [7, 11) is 0. The molecule has 0 N–H and O–H groups in total. The zero-order valence-electron chi connectivity index (χ0n) is 9.88. The molecule has 2 rings (SSSR count). The van der Waals surface area contributed by atoms with Crippen LogP contribution in [-0.2, 0) is 6.42 Å². The van der Waals surface area contributed by atoms with E-state index in [-0.39, 0.29) is 17.8 Å². The molecule has 0 saturated carbocycles. The van der Waals surface area contributed by atoms with Crippen molar-refractivity contribution in [3.63, 3.8) is 0 Å². The highest BCUT2D eigenvalue weighted by atomic mass is 19.1. The van der Waals surface area contributed by atoms with Gasteiger partial charge in [0.25, 0.3) is 5.69 Å². The van der Waals surface area contributed by atoms with Crippen LogP contribution in [0.25, 0.3) is 0 Å². The van der Waals surface area contributed by atoms with Gasteiger partial charge in [-0.2, -0.15) is 0 Å². The molecule has 0 spiro atoms. The first-order valence-corrected chi connectivity index (χ1v) is 5.58. The van der Waals surface area contributed by atoms with E-state index in [1.807, 2.05) is 6.07 Å². The molecule has 0 aliphatic heterocycles. The van der Waals surface area contributed by atoms with Gasteiger partial charge in [0, 0.05) is 18.1 Å². The summed E-state index contributed by atoms with van der Waals surface area (Å²) in [5.41, 5.74) is 0.367. The quantitative estimate of drug-likeness (QED) is 0.481. The SMILES string of the molecule is O=C(Cc1ccccc1)c1cc(F)cc([N+](=O)[O-])c1. The van der Waals surface area contributed by atoms with Crippen molar-refractivity contribution in [2.24, 2.45) is 0 Å². The molecule has 19 heavy (non-hydrogen) atoms. The van der Waals surface area contributed by atoms with Gasteiger partial charge in [-0.3, -0.25) is 14.9 Å². The molecule has 0 atom stereocenters. The number of carbonyl (C=O) groups excluding carboxylic acids is 1. The number of nitro groups is 1. The Balaban J connectivity index is 2.26. The second-order valence-electron chi connectivity index (χ2n) is 4.04. The van der Waals surface area contributed by atoms with Gasteiger partial charge in [0.15, 0.2) is 5.78 Å². The minimum atomic E-state index is -0.786. The average molecular weight is 259 g/mol. The predicted molar refractivity (Wildman–Crippen MR) is 67.5 cm³/mol. The van der Waals surface area contributed by atoms with Crippen molar-refractivity contribution in [3.8, 4) is 0 Å². The van der Waals surface area contributed by atoms with Crippen molar-refractivity contribution in [2.75, 3.05) is 0 Å². The highest BCUT2D eigenvalue weighted by molar-refractivity contribution is 5.98. The van der Waals surface area contributed by atoms with Crippen LogP contribution in [0.4, 0.5) is 10.1 Å². The minimum absolute atomic E-state index is 0.00977. The third-order valence-corrected chi connectivity index (χ3v) is 2.62. The molecule has 0 aliphatic carbocycles. The van der Waals surface area contributed by atoms with E-state index < -0.39 is 16.4 Å². The third-order valence-electron chi connectivity index (χ3n) is 2.62. The standard InChI is InChI=1S/C14H10FNO3/c15-12-7-11(8-13(9-12)16(18)19)14(17)6-10-4-2-1-3-5-10/h1-5,7-9H,6H2. The highest BCUT2D eigenvalue weighted by Crippen LogP contribution is 2.18. The summed E-state index contributed by atoms with van der Waals surface area (Å²) < 4.78 is 13.2. The van der Waals surface area contributed by atoms with Gasteiger partial charge < -0.3 is 0 Å². The number of hydrogen-bond donors (Lipinski definition) is 0. The number of non-ortho nitro benzene ring substituents is 1. The van der Waals surface area contributed by atoms with Gasteiger partial charge in [-0.1, -0.05) is 30.3 Å². The maximum absolute atomic E-state index is 13.2. The minimum Gasteiger partial charge on any atom is -0.294 e. The molecule has 5 heteroatoms. The number of Topliss-reactive ketones (excluding diaryl/α,β-unsaturated/α-hetero) is 1. The molecule has 0 radical (unpaired) electrons. The Bertz CT molecular complexity index is 626. The van der Waals surface area contributed by atoms with E-state index in [1.165, 1.54) is 0 Å². The monoisotopic (exact) mass is 259 g/mol. The molecule has 2 aromatic rings. The number of carbonyl (C=O) groups is 1. The fraction of sp³-hybridized carbons (Fsp3) is 0.0714. The van der Waals surface area contributed by atoms with E-state index in [0.717, 1.165) is 23.8 Å². The fourth-order valence-corrected chi connectivity index (χ4v) is 1.72. The molecule has 96 valence electrons. The molecule has 2 aromatic carbocycles. The van der Waals surface area contributed by atoms with Crippen LogP contribution in [0.2, 0.25) is 0 Å². The van der Waals surface area contributed by atoms with Crippen LogP contribution in [0, 0.1) is 15.9 Å². The number of halogens is 1. The van der Waals surface area contributed by atoms with Gasteiger partial charge in [-0.25, -0.2) is 4.39 Å². The van der Waals surface area contributed by atoms with Gasteiger partial charge >= 0.3 is 0 Å². The second-order valence-corrected chi connectivity index (χ2v) is 4.04. The second kappa shape index (κ2) is 5.39. The average Bonchev–Trinajstić information content (AvgIpc) is 2.39. The lowest BCUT2D eigenvalue weighted by Gasteiger charge is -2.02. The topological polar surface area (TPSA) is 60.2 Å². The Kier molecular flexibility index (Phi) is 3.66. The van der Waals surface area contributed by atoms with Crippen LogP contribution in [0.3, 0.4) is 0 Å². The van der Waals surface area contributed by atoms with E-state index in [0.29, 0.717) is 0 Å². The van der Waals surface area contributed by atoms with Crippen LogP contribution < -0.4 is 0 Å². The molecule has 0 heterocycles. The van der Waals surface area contributed by atoms with Gasteiger partial charge in [-0.05, 0) is 11.6 Å². The van der Waals surface area contributed by atoms with Crippen molar-refractivity contribution in [3.05, 3.63) is 75.6 Å². The molecule has 0 amide bonds. The number of rotatable bonds is 4. The smallest absolute Gasteiger partial charge is 0.273 e. The van der Waals surface area contributed by atoms with Crippen LogP contribution in [-0.4, -0.2) is 10.7 Å². The van der Waals surface area contributed by atoms with E-state index >= 15 is 0 Å². The molecule has 0 fully saturated rings. The number of hydrogen-bond acceptors (Lipinski definition) is 3. The first-order valence-electron chi connectivity index (χ1n) is 5.58. The Morgan fingerprint density at radius 2 is 1.84 bits per heavy atom. The summed E-state index contributed by atoms with van der Waals surface area (Å²) in [4.78, 5) is 21.8. The molecule has 0 aliphatic rings. The molecule has 0 aromatic heterocycles. The number of nitro benzene ring substituents is 1. The lowest BCUT2D eigenvalue weighted by Crippen LogP contribution is -2.05. The van der Waals surface area contributed by atoms with Crippen molar-refractivity contribution >= 4 is 11.5 Å². The third kappa shape index (κ3) is 3.22. The van der Waals surface area contributed by atoms with Gasteiger partial charge in [0.1, 0.15) is 5.82 Å². The Labute approximate surface area is 108 Å². The molecule has 0 bridgehead atoms. The lowest BCUT2D eigenvalue weighted by molar-refractivity contribution is -0.385. The van der Waals surface area contributed by atoms with Gasteiger partial charge in [0.2, 0.25) is 0 Å². The van der Waals surface area contributed by atoms with Crippen molar-refractivity contribution < 1.29 is 14.1 Å². The first-order chi connectivity index (χ1) is 9.06. The molecule has 0 unspecified atom stereocenters. The Morgan fingerprint density at radius 1 is 1.16 bits per heavy atom. The van der Waals surface area contributed by atoms with Crippen molar-refractivity contribution in [1.29, 1.82) is 0 Å². The van der Waals surface area contributed by atoms with Gasteiger partial charge in [0.05, 0.1) is 11.0 Å². The zero-order valence-corrected chi connectivity index (χ0v) is 9.88. The van der Waals surface area contributed by atoms with E-state index in [9.17, 15) is 19.3 Å². The van der Waals surface area contributed by atoms with Crippen LogP contribution >= 0.6 is 0 Å². The summed E-state index contributed by atoms with van der Waals surface area (Å²) in [5.74, 6) is -1.14. The number of ketones is 1. The van der Waals surface area contributed by atoms with Crippen LogP contribution in [0.1, 0.15) is 15.9 Å². The lowest BCUT2D eigenvalue weighted by atomic mass is 10.0. The van der Waals surface area contributed by atoms with E-state index in [4.69, 9.17) is 0 Å². The molecule has 4 nitrogen and oxygen atoms in total. The van der Waals surface area contributed by atoms with Crippen LogP contribution in [0.15, 0.2) is 48.5 Å². The van der Waals surface area contributed by atoms with E-state index in [1.54, 1.807) is 24.3 Å². The van der Waals surface area contributed by atoms with Crippen LogP contribution in [0.5, 0.6) is 0 Å². The van der Waals surface area contributed by atoms with Crippen molar-refractivity contribution in [2.45, 2.75) is 6.42 Å². The summed E-state index contributed by atoms with van der Waals surface area (Å²) >= 11 is 0. The summed E-state index contributed by atoms with van der Waals surface area (Å²) in [6.45, 7) is 0. The fourth-order valence-electron chi connectivity index (χ4n) is 1.72. The first kappa shape index (κ1) is 12.9. The summed E-state index contributed by atoms with van der Waals surface area (Å²) in [5, 5.41) is 10.6.